The molecule has 2 aromatic rings. The van der Waals surface area contributed by atoms with Crippen LogP contribution in [0.4, 0.5) is 0 Å². The number of hydrogen-bond acceptors (Lipinski definition) is 2. The summed E-state index contributed by atoms with van der Waals surface area (Å²) in [4.78, 5) is 14.9. The van der Waals surface area contributed by atoms with Gasteiger partial charge < -0.3 is 10.0 Å². The van der Waals surface area contributed by atoms with Gasteiger partial charge in [0, 0.05) is 25.4 Å². The first-order chi connectivity index (χ1) is 12.1. The molecule has 0 aliphatic carbocycles. The molecule has 1 aliphatic rings. The molecule has 25 heavy (non-hydrogen) atoms. The van der Waals surface area contributed by atoms with Crippen LogP contribution >= 0.6 is 0 Å². The molecular formula is C22H27NO2. The van der Waals surface area contributed by atoms with Gasteiger partial charge in [0.25, 0.3) is 0 Å². The van der Waals surface area contributed by atoms with Crippen molar-refractivity contribution < 1.29 is 9.90 Å². The number of hydrogen-bond donors (Lipinski definition) is 1. The molecule has 1 saturated heterocycles. The number of amides is 1. The monoisotopic (exact) mass is 337 g/mol. The van der Waals surface area contributed by atoms with Crippen LogP contribution in [0.25, 0.3) is 0 Å². The standard InChI is InChI=1S/C22H27NO2/c1-17(24)18-12-14-23(15-13-18)22(25)16-21(19-8-4-2-5-9-19)20-10-6-3-7-11-20/h2-11,17-18,21,24H,12-16H2,1H3. The molecule has 3 rings (SSSR count). The lowest BCUT2D eigenvalue weighted by atomic mass is 9.87. The first-order valence-electron chi connectivity index (χ1n) is 9.21. The number of aliphatic hydroxyl groups excluding tert-OH is 1. The van der Waals surface area contributed by atoms with Crippen molar-refractivity contribution in [1.82, 2.24) is 4.90 Å². The molecule has 2 aromatic carbocycles. The Morgan fingerprint density at radius 3 is 1.92 bits per heavy atom. The smallest absolute Gasteiger partial charge is 0.223 e. The molecule has 1 fully saturated rings. The molecule has 1 unspecified atom stereocenters. The first-order valence-corrected chi connectivity index (χ1v) is 9.21. The Labute approximate surface area is 150 Å². The number of aliphatic hydroxyl groups is 1. The van der Waals surface area contributed by atoms with Crippen LogP contribution < -0.4 is 0 Å². The molecule has 1 atom stereocenters. The zero-order chi connectivity index (χ0) is 17.6. The number of benzene rings is 2. The third kappa shape index (κ3) is 4.49. The van der Waals surface area contributed by atoms with Crippen LogP contribution in [-0.4, -0.2) is 35.1 Å². The molecular weight excluding hydrogens is 310 g/mol. The van der Waals surface area contributed by atoms with Crippen molar-refractivity contribution in [1.29, 1.82) is 0 Å². The topological polar surface area (TPSA) is 40.5 Å². The highest BCUT2D eigenvalue weighted by molar-refractivity contribution is 5.78. The maximum Gasteiger partial charge on any atom is 0.223 e. The van der Waals surface area contributed by atoms with E-state index in [4.69, 9.17) is 0 Å². The molecule has 3 heteroatoms. The largest absolute Gasteiger partial charge is 0.393 e. The summed E-state index contributed by atoms with van der Waals surface area (Å²) in [5.41, 5.74) is 2.36. The van der Waals surface area contributed by atoms with E-state index in [1.807, 2.05) is 48.2 Å². The van der Waals surface area contributed by atoms with Crippen LogP contribution in [0.1, 0.15) is 43.2 Å². The molecule has 0 aromatic heterocycles. The van der Waals surface area contributed by atoms with Gasteiger partial charge in [-0.15, -0.1) is 0 Å². The van der Waals surface area contributed by atoms with E-state index in [9.17, 15) is 9.90 Å². The van der Waals surface area contributed by atoms with E-state index in [2.05, 4.69) is 24.3 Å². The van der Waals surface area contributed by atoms with E-state index in [1.54, 1.807) is 0 Å². The van der Waals surface area contributed by atoms with Crippen molar-refractivity contribution in [3.63, 3.8) is 0 Å². The number of carbonyl (C=O) groups excluding carboxylic acids is 1. The Morgan fingerprint density at radius 1 is 1.00 bits per heavy atom. The first kappa shape index (κ1) is 17.7. The fourth-order valence-electron chi connectivity index (χ4n) is 3.73. The third-order valence-electron chi connectivity index (χ3n) is 5.36. The van der Waals surface area contributed by atoms with Crippen LogP contribution in [0.5, 0.6) is 0 Å². The molecule has 0 bridgehead atoms. The van der Waals surface area contributed by atoms with E-state index >= 15 is 0 Å². The summed E-state index contributed by atoms with van der Waals surface area (Å²) in [5.74, 6) is 0.620. The SMILES string of the molecule is CC(O)C1CCN(C(=O)CC(c2ccccc2)c2ccccc2)CC1. The predicted octanol–water partition coefficient (Wildman–Crippen LogP) is 3.83. The zero-order valence-electron chi connectivity index (χ0n) is 14.8. The van der Waals surface area contributed by atoms with Gasteiger partial charge in [0.15, 0.2) is 0 Å². The number of nitrogens with zero attached hydrogens (tertiary/aromatic N) is 1. The minimum Gasteiger partial charge on any atom is -0.393 e. The van der Waals surface area contributed by atoms with Gasteiger partial charge in [-0.1, -0.05) is 60.7 Å². The van der Waals surface area contributed by atoms with Gasteiger partial charge in [-0.3, -0.25) is 4.79 Å². The minimum absolute atomic E-state index is 0.0874. The summed E-state index contributed by atoms with van der Waals surface area (Å²) < 4.78 is 0. The maximum atomic E-state index is 12.9. The van der Waals surface area contributed by atoms with Gasteiger partial charge >= 0.3 is 0 Å². The average molecular weight is 337 g/mol. The molecule has 1 heterocycles. The third-order valence-corrected chi connectivity index (χ3v) is 5.36. The second-order valence-electron chi connectivity index (χ2n) is 7.04. The van der Waals surface area contributed by atoms with Crippen molar-refractivity contribution >= 4 is 5.91 Å². The second-order valence-corrected chi connectivity index (χ2v) is 7.04. The maximum absolute atomic E-state index is 12.9. The van der Waals surface area contributed by atoms with E-state index in [0.717, 1.165) is 25.9 Å². The highest BCUT2D eigenvalue weighted by Gasteiger charge is 2.27. The summed E-state index contributed by atoms with van der Waals surface area (Å²) in [6.45, 7) is 3.36. The van der Waals surface area contributed by atoms with Gasteiger partial charge in [-0.25, -0.2) is 0 Å². The lowest BCUT2D eigenvalue weighted by Gasteiger charge is -2.34. The Kier molecular flexibility index (Phi) is 5.87. The Morgan fingerprint density at radius 2 is 1.48 bits per heavy atom. The number of piperidine rings is 1. The van der Waals surface area contributed by atoms with Gasteiger partial charge in [0.2, 0.25) is 5.91 Å². The molecule has 0 radical (unpaired) electrons. The van der Waals surface area contributed by atoms with Crippen LogP contribution in [0, 0.1) is 5.92 Å². The normalized spacial score (nSPS) is 16.8. The molecule has 1 aliphatic heterocycles. The molecule has 0 spiro atoms. The highest BCUT2D eigenvalue weighted by atomic mass is 16.3. The molecule has 1 N–H and O–H groups in total. The fourth-order valence-corrected chi connectivity index (χ4v) is 3.73. The molecule has 132 valence electrons. The van der Waals surface area contributed by atoms with Crippen molar-refractivity contribution in [3.8, 4) is 0 Å². The highest BCUT2D eigenvalue weighted by Crippen LogP contribution is 2.29. The quantitative estimate of drug-likeness (QED) is 0.901. The van der Waals surface area contributed by atoms with E-state index in [0.29, 0.717) is 12.3 Å². The summed E-state index contributed by atoms with van der Waals surface area (Å²) in [6.07, 6.45) is 2.00. The van der Waals surface area contributed by atoms with Crippen molar-refractivity contribution in [3.05, 3.63) is 71.8 Å². The van der Waals surface area contributed by atoms with Crippen LogP contribution in [-0.2, 0) is 4.79 Å². The minimum atomic E-state index is -0.279. The Bertz CT molecular complexity index is 621. The second kappa shape index (κ2) is 8.30. The summed E-state index contributed by atoms with van der Waals surface area (Å²) in [6, 6.07) is 20.6. The Hall–Kier alpha value is -2.13. The molecule has 3 nitrogen and oxygen atoms in total. The molecule has 1 amide bonds. The zero-order valence-corrected chi connectivity index (χ0v) is 14.8. The lowest BCUT2D eigenvalue weighted by molar-refractivity contribution is -0.133. The number of carbonyl (C=O) groups is 1. The van der Waals surface area contributed by atoms with Crippen molar-refractivity contribution in [2.45, 2.75) is 38.2 Å². The van der Waals surface area contributed by atoms with E-state index in [1.165, 1.54) is 11.1 Å². The van der Waals surface area contributed by atoms with Crippen molar-refractivity contribution in [2.24, 2.45) is 5.92 Å². The van der Waals surface area contributed by atoms with Gasteiger partial charge in [-0.2, -0.15) is 0 Å². The Balaban J connectivity index is 1.72. The number of likely N-dealkylation sites (tertiary alicyclic amines) is 1. The van der Waals surface area contributed by atoms with E-state index < -0.39 is 0 Å². The van der Waals surface area contributed by atoms with Crippen LogP contribution in [0.3, 0.4) is 0 Å². The van der Waals surface area contributed by atoms with Crippen molar-refractivity contribution in [2.75, 3.05) is 13.1 Å². The molecule has 0 saturated carbocycles. The fraction of sp³-hybridized carbons (Fsp3) is 0.409. The van der Waals surface area contributed by atoms with E-state index in [-0.39, 0.29) is 17.9 Å². The number of rotatable bonds is 5. The van der Waals surface area contributed by atoms with Gasteiger partial charge in [0.1, 0.15) is 0 Å². The summed E-state index contributed by atoms with van der Waals surface area (Å²) in [7, 11) is 0. The lowest BCUT2D eigenvalue weighted by Crippen LogP contribution is -2.41. The predicted molar refractivity (Wildman–Crippen MR) is 100 cm³/mol. The summed E-state index contributed by atoms with van der Waals surface area (Å²) >= 11 is 0. The average Bonchev–Trinajstić information content (AvgIpc) is 2.67. The van der Waals surface area contributed by atoms with Gasteiger partial charge in [0.05, 0.1) is 6.10 Å². The van der Waals surface area contributed by atoms with Crippen LogP contribution in [0.15, 0.2) is 60.7 Å². The summed E-state index contributed by atoms with van der Waals surface area (Å²) in [5, 5.41) is 9.74. The van der Waals surface area contributed by atoms with Gasteiger partial charge in [-0.05, 0) is 36.8 Å². The van der Waals surface area contributed by atoms with Crippen LogP contribution in [0.2, 0.25) is 0 Å².